The third-order valence-corrected chi connectivity index (χ3v) is 5.00. The molecule has 1 heterocycles. The average Bonchev–Trinajstić information content (AvgIpc) is 2.65. The smallest absolute Gasteiger partial charge is 0.238 e. The third kappa shape index (κ3) is 2.03. The normalized spacial score (nSPS) is 25.6. The molecule has 1 saturated heterocycles. The van der Waals surface area contributed by atoms with Gasteiger partial charge in [0.1, 0.15) is 0 Å². The monoisotopic (exact) mass is 283 g/mol. The molecule has 2 aliphatic rings. The highest BCUT2D eigenvalue weighted by molar-refractivity contribution is 6.23. The molecule has 0 spiro atoms. The Morgan fingerprint density at radius 1 is 0.857 bits per heavy atom. The van der Waals surface area contributed by atoms with Crippen LogP contribution >= 0.6 is 0 Å². The van der Waals surface area contributed by atoms with E-state index in [0.29, 0.717) is 0 Å². The van der Waals surface area contributed by atoms with Gasteiger partial charge in [-0.05, 0) is 51.7 Å². The number of amides is 2. The van der Waals surface area contributed by atoms with Crippen LogP contribution in [0.5, 0.6) is 0 Å². The van der Waals surface area contributed by atoms with Gasteiger partial charge in [0.15, 0.2) is 0 Å². The molecule has 3 rings (SSSR count). The molecule has 2 atom stereocenters. The molecule has 0 aromatic heterocycles. The van der Waals surface area contributed by atoms with Crippen LogP contribution in [0.3, 0.4) is 0 Å². The number of para-hydroxylation sites is 1. The molecule has 3 nitrogen and oxygen atoms in total. The van der Waals surface area contributed by atoms with E-state index < -0.39 is 0 Å². The molecular weight excluding hydrogens is 262 g/mol. The first-order valence-corrected chi connectivity index (χ1v) is 7.51. The second-order valence-electron chi connectivity index (χ2n) is 6.43. The predicted octanol–water partition coefficient (Wildman–Crippen LogP) is 3.54. The first kappa shape index (κ1) is 14.1. The molecule has 1 aromatic carbocycles. The van der Waals surface area contributed by atoms with Crippen LogP contribution in [0.4, 0.5) is 5.69 Å². The van der Waals surface area contributed by atoms with Crippen molar-refractivity contribution in [3.8, 4) is 0 Å². The summed E-state index contributed by atoms with van der Waals surface area (Å²) in [6, 6.07) is 5.88. The van der Waals surface area contributed by atoms with Crippen molar-refractivity contribution in [3.05, 3.63) is 40.5 Å². The lowest BCUT2D eigenvalue weighted by molar-refractivity contribution is -0.122. The van der Waals surface area contributed by atoms with E-state index in [4.69, 9.17) is 0 Å². The summed E-state index contributed by atoms with van der Waals surface area (Å²) in [5, 5.41) is 0. The van der Waals surface area contributed by atoms with Gasteiger partial charge in [-0.2, -0.15) is 0 Å². The third-order valence-electron chi connectivity index (χ3n) is 5.00. The van der Waals surface area contributed by atoms with E-state index in [2.05, 4.69) is 13.8 Å². The van der Waals surface area contributed by atoms with E-state index in [9.17, 15) is 9.59 Å². The second kappa shape index (κ2) is 4.83. The van der Waals surface area contributed by atoms with Gasteiger partial charge < -0.3 is 0 Å². The highest BCUT2D eigenvalue weighted by Gasteiger charge is 2.50. The minimum Gasteiger partial charge on any atom is -0.274 e. The van der Waals surface area contributed by atoms with Gasteiger partial charge in [0, 0.05) is 0 Å². The Balaban J connectivity index is 2.05. The Kier molecular flexibility index (Phi) is 3.23. The summed E-state index contributed by atoms with van der Waals surface area (Å²) >= 11 is 0. The zero-order valence-corrected chi connectivity index (χ0v) is 13.1. The van der Waals surface area contributed by atoms with Gasteiger partial charge in [-0.15, -0.1) is 0 Å². The molecule has 1 aliphatic heterocycles. The first-order valence-electron chi connectivity index (χ1n) is 7.51. The fourth-order valence-corrected chi connectivity index (χ4v) is 3.63. The molecule has 1 fully saturated rings. The van der Waals surface area contributed by atoms with Crippen molar-refractivity contribution in [2.24, 2.45) is 11.8 Å². The number of carbonyl (C=O) groups excluding carboxylic acids is 2. The second-order valence-corrected chi connectivity index (χ2v) is 6.43. The molecule has 0 N–H and O–H groups in total. The Morgan fingerprint density at radius 2 is 1.29 bits per heavy atom. The molecule has 0 radical (unpaired) electrons. The lowest BCUT2D eigenvalue weighted by Gasteiger charge is -2.23. The lowest BCUT2D eigenvalue weighted by atomic mass is 9.78. The highest BCUT2D eigenvalue weighted by atomic mass is 16.2. The fourth-order valence-electron chi connectivity index (χ4n) is 3.63. The number of allylic oxidation sites excluding steroid dienone is 2. The predicted molar refractivity (Wildman–Crippen MR) is 83.0 cm³/mol. The maximum absolute atomic E-state index is 12.8. The number of carbonyl (C=O) groups is 2. The van der Waals surface area contributed by atoms with Gasteiger partial charge in [0.2, 0.25) is 11.8 Å². The zero-order chi connectivity index (χ0) is 15.3. The van der Waals surface area contributed by atoms with Gasteiger partial charge >= 0.3 is 0 Å². The van der Waals surface area contributed by atoms with Gasteiger partial charge in [-0.3, -0.25) is 9.59 Å². The number of nitrogens with zero attached hydrogens (tertiary/aromatic N) is 1. The van der Waals surface area contributed by atoms with Crippen molar-refractivity contribution in [3.63, 3.8) is 0 Å². The van der Waals surface area contributed by atoms with Gasteiger partial charge in [0.05, 0.1) is 17.5 Å². The fraction of sp³-hybridized carbons (Fsp3) is 0.444. The average molecular weight is 283 g/mol. The van der Waals surface area contributed by atoms with Crippen LogP contribution in [-0.4, -0.2) is 11.8 Å². The highest BCUT2D eigenvalue weighted by Crippen LogP contribution is 2.43. The zero-order valence-electron chi connectivity index (χ0n) is 13.1. The molecular formula is C18H21NO2. The van der Waals surface area contributed by atoms with E-state index >= 15 is 0 Å². The number of benzene rings is 1. The van der Waals surface area contributed by atoms with E-state index in [1.54, 1.807) is 0 Å². The Morgan fingerprint density at radius 3 is 1.71 bits per heavy atom. The Labute approximate surface area is 125 Å². The summed E-state index contributed by atoms with van der Waals surface area (Å²) in [5.41, 5.74) is 5.28. The van der Waals surface area contributed by atoms with Crippen LogP contribution in [0, 0.1) is 25.7 Å². The molecule has 110 valence electrons. The van der Waals surface area contributed by atoms with E-state index in [1.807, 2.05) is 32.0 Å². The number of rotatable bonds is 1. The maximum atomic E-state index is 12.8. The van der Waals surface area contributed by atoms with Gasteiger partial charge in [0.25, 0.3) is 0 Å². The Bertz CT molecular complexity index is 620. The molecule has 1 aromatic rings. The van der Waals surface area contributed by atoms with Crippen molar-refractivity contribution in [1.82, 2.24) is 0 Å². The van der Waals surface area contributed by atoms with Crippen molar-refractivity contribution in [2.45, 2.75) is 40.5 Å². The topological polar surface area (TPSA) is 37.4 Å². The van der Waals surface area contributed by atoms with E-state index in [1.165, 1.54) is 16.0 Å². The van der Waals surface area contributed by atoms with E-state index in [0.717, 1.165) is 29.7 Å². The van der Waals surface area contributed by atoms with E-state index in [-0.39, 0.29) is 23.7 Å². The number of hydrogen-bond acceptors (Lipinski definition) is 2. The minimum atomic E-state index is -0.166. The van der Waals surface area contributed by atoms with Gasteiger partial charge in [-0.25, -0.2) is 4.90 Å². The van der Waals surface area contributed by atoms with Crippen LogP contribution in [0.1, 0.15) is 37.8 Å². The summed E-state index contributed by atoms with van der Waals surface area (Å²) in [4.78, 5) is 27.0. The summed E-state index contributed by atoms with van der Waals surface area (Å²) in [6.45, 7) is 8.06. The standard InChI is InChI=1S/C18H21NO2/c1-10-6-5-7-11(2)16(10)19-17(20)14-8-12(3)13(4)9-15(14)18(19)21/h5-7,14-15H,8-9H2,1-4H3/t14-,15+. The number of fused-ring (bicyclic) bond motifs is 1. The van der Waals surface area contributed by atoms with Gasteiger partial charge in [-0.1, -0.05) is 29.3 Å². The number of aryl methyl sites for hydroxylation is 2. The van der Waals surface area contributed by atoms with Crippen molar-refractivity contribution < 1.29 is 9.59 Å². The molecule has 0 saturated carbocycles. The Hall–Kier alpha value is -1.90. The summed E-state index contributed by atoms with van der Waals surface area (Å²) in [6.07, 6.45) is 1.45. The molecule has 0 unspecified atom stereocenters. The van der Waals surface area contributed by atoms with Crippen LogP contribution in [0.2, 0.25) is 0 Å². The number of hydrogen-bond donors (Lipinski definition) is 0. The molecule has 1 aliphatic carbocycles. The number of anilines is 1. The first-order chi connectivity index (χ1) is 9.91. The van der Waals surface area contributed by atoms with Crippen molar-refractivity contribution >= 4 is 17.5 Å². The SMILES string of the molecule is CC1=C(C)C[C@H]2C(=O)N(c3c(C)cccc3C)C(=O)[C@H]2C1. The summed E-state index contributed by atoms with van der Waals surface area (Å²) < 4.78 is 0. The van der Waals surface area contributed by atoms with Crippen LogP contribution in [0.15, 0.2) is 29.3 Å². The largest absolute Gasteiger partial charge is 0.274 e. The summed E-state index contributed by atoms with van der Waals surface area (Å²) in [5.74, 6) is -0.371. The van der Waals surface area contributed by atoms with Crippen molar-refractivity contribution in [2.75, 3.05) is 4.90 Å². The minimum absolute atomic E-state index is 0.0192. The number of imide groups is 1. The quantitative estimate of drug-likeness (QED) is 0.584. The molecule has 0 bridgehead atoms. The molecule has 21 heavy (non-hydrogen) atoms. The maximum Gasteiger partial charge on any atom is 0.238 e. The molecule has 2 amide bonds. The summed E-state index contributed by atoms with van der Waals surface area (Å²) in [7, 11) is 0. The van der Waals surface area contributed by atoms with Crippen LogP contribution in [0.25, 0.3) is 0 Å². The van der Waals surface area contributed by atoms with Crippen molar-refractivity contribution in [1.29, 1.82) is 0 Å². The van der Waals surface area contributed by atoms with Crippen LogP contribution in [-0.2, 0) is 9.59 Å². The molecule has 3 heteroatoms. The van der Waals surface area contributed by atoms with Crippen LogP contribution < -0.4 is 4.90 Å². The lowest BCUT2D eigenvalue weighted by Crippen LogP contribution is -2.32.